The molecule has 0 saturated carbocycles. The summed E-state index contributed by atoms with van der Waals surface area (Å²) in [5.41, 5.74) is 0. The molecule has 0 radical (unpaired) electrons. The molecule has 1 aliphatic heterocycles. The second-order valence-corrected chi connectivity index (χ2v) is 3.95. The van der Waals surface area contributed by atoms with Gasteiger partial charge in [0.25, 0.3) is 0 Å². The number of hydrazine groups is 1. The molecule has 0 saturated heterocycles. The third-order valence-corrected chi connectivity index (χ3v) is 2.58. The highest BCUT2D eigenvalue weighted by molar-refractivity contribution is 5.75. The first kappa shape index (κ1) is 14.3. The normalized spacial score (nSPS) is 22.9. The van der Waals surface area contributed by atoms with Crippen LogP contribution in [0.2, 0.25) is 0 Å². The molecule has 2 atom stereocenters. The van der Waals surface area contributed by atoms with Gasteiger partial charge < -0.3 is 9.47 Å². The molecule has 1 aliphatic rings. The van der Waals surface area contributed by atoms with Crippen molar-refractivity contribution in [3.05, 3.63) is 12.2 Å². The van der Waals surface area contributed by atoms with Crippen LogP contribution in [0.1, 0.15) is 27.7 Å². The Balaban J connectivity index is 2.95. The Morgan fingerprint density at radius 2 is 1.28 bits per heavy atom. The van der Waals surface area contributed by atoms with Crippen LogP contribution in [0.4, 0.5) is 9.59 Å². The van der Waals surface area contributed by atoms with Crippen LogP contribution < -0.4 is 0 Å². The van der Waals surface area contributed by atoms with E-state index in [9.17, 15) is 9.59 Å². The Morgan fingerprint density at radius 1 is 0.944 bits per heavy atom. The van der Waals surface area contributed by atoms with E-state index in [1.165, 1.54) is 10.0 Å². The zero-order valence-corrected chi connectivity index (χ0v) is 11.3. The van der Waals surface area contributed by atoms with Gasteiger partial charge in [0.2, 0.25) is 0 Å². The molecular weight excluding hydrogens is 236 g/mol. The predicted octanol–water partition coefficient (Wildman–Crippen LogP) is 2.17. The van der Waals surface area contributed by atoms with Crippen molar-refractivity contribution in [1.82, 2.24) is 10.0 Å². The van der Waals surface area contributed by atoms with Gasteiger partial charge in [0.15, 0.2) is 0 Å². The molecule has 102 valence electrons. The summed E-state index contributed by atoms with van der Waals surface area (Å²) in [7, 11) is 0. The van der Waals surface area contributed by atoms with Gasteiger partial charge in [-0.25, -0.2) is 19.6 Å². The number of ether oxygens (including phenoxy) is 2. The van der Waals surface area contributed by atoms with Crippen LogP contribution >= 0.6 is 0 Å². The second kappa shape index (κ2) is 6.28. The molecule has 18 heavy (non-hydrogen) atoms. The lowest BCUT2D eigenvalue weighted by molar-refractivity contribution is -0.0476. The number of nitrogens with zero attached hydrogens (tertiary/aromatic N) is 2. The van der Waals surface area contributed by atoms with Crippen molar-refractivity contribution in [3.8, 4) is 0 Å². The topological polar surface area (TPSA) is 59.1 Å². The minimum atomic E-state index is -0.547. The van der Waals surface area contributed by atoms with Crippen LogP contribution in [0.3, 0.4) is 0 Å². The molecule has 1 rings (SSSR count). The Kier molecular flexibility index (Phi) is 5.00. The summed E-state index contributed by atoms with van der Waals surface area (Å²) >= 11 is 0. The highest BCUT2D eigenvalue weighted by Crippen LogP contribution is 2.19. The van der Waals surface area contributed by atoms with E-state index in [0.29, 0.717) is 0 Å². The molecule has 6 nitrogen and oxygen atoms in total. The molecule has 0 unspecified atom stereocenters. The first-order valence-electron chi connectivity index (χ1n) is 6.13. The molecule has 0 fully saturated rings. The second-order valence-electron chi connectivity index (χ2n) is 3.95. The number of carbonyl (C=O) groups excluding carboxylic acids is 2. The van der Waals surface area contributed by atoms with E-state index in [0.717, 1.165) is 0 Å². The summed E-state index contributed by atoms with van der Waals surface area (Å²) in [5, 5.41) is 2.57. The Morgan fingerprint density at radius 3 is 1.56 bits per heavy atom. The van der Waals surface area contributed by atoms with E-state index in [4.69, 9.17) is 9.47 Å². The van der Waals surface area contributed by atoms with Gasteiger partial charge in [0, 0.05) is 0 Å². The first-order chi connectivity index (χ1) is 8.52. The molecule has 0 aromatic heterocycles. The van der Waals surface area contributed by atoms with E-state index < -0.39 is 12.2 Å². The SMILES string of the molecule is CCOC(=O)N1[C@H](C)C=C[C@H](C)N1C(=O)OCC. The Bertz CT molecular complexity index is 311. The van der Waals surface area contributed by atoms with E-state index in [1.54, 1.807) is 13.8 Å². The van der Waals surface area contributed by atoms with Gasteiger partial charge in [-0.3, -0.25) is 0 Å². The third-order valence-electron chi connectivity index (χ3n) is 2.58. The van der Waals surface area contributed by atoms with Crippen molar-refractivity contribution in [1.29, 1.82) is 0 Å². The van der Waals surface area contributed by atoms with Gasteiger partial charge in [-0.15, -0.1) is 0 Å². The summed E-state index contributed by atoms with van der Waals surface area (Å²) in [5.74, 6) is 0. The Labute approximate surface area is 107 Å². The van der Waals surface area contributed by atoms with Gasteiger partial charge >= 0.3 is 12.2 Å². The van der Waals surface area contributed by atoms with E-state index in [-0.39, 0.29) is 25.3 Å². The maximum atomic E-state index is 11.9. The molecule has 0 N–H and O–H groups in total. The molecule has 0 bridgehead atoms. The smallest absolute Gasteiger partial charge is 0.429 e. The first-order valence-corrected chi connectivity index (χ1v) is 6.13. The predicted molar refractivity (Wildman–Crippen MR) is 65.8 cm³/mol. The van der Waals surface area contributed by atoms with Crippen molar-refractivity contribution in [3.63, 3.8) is 0 Å². The third kappa shape index (κ3) is 2.94. The fourth-order valence-electron chi connectivity index (χ4n) is 1.76. The number of amides is 2. The van der Waals surface area contributed by atoms with Gasteiger partial charge in [0.05, 0.1) is 25.3 Å². The number of hydrogen-bond donors (Lipinski definition) is 0. The summed E-state index contributed by atoms with van der Waals surface area (Å²) in [4.78, 5) is 23.8. The molecule has 0 aliphatic carbocycles. The van der Waals surface area contributed by atoms with Crippen LogP contribution in [-0.2, 0) is 9.47 Å². The Hall–Kier alpha value is -1.72. The molecule has 1 heterocycles. The lowest BCUT2D eigenvalue weighted by atomic mass is 10.2. The van der Waals surface area contributed by atoms with Crippen molar-refractivity contribution in [2.75, 3.05) is 13.2 Å². The van der Waals surface area contributed by atoms with Crippen LogP contribution in [0.5, 0.6) is 0 Å². The zero-order valence-electron chi connectivity index (χ0n) is 11.3. The van der Waals surface area contributed by atoms with E-state index in [1.807, 2.05) is 26.0 Å². The quantitative estimate of drug-likeness (QED) is 0.710. The zero-order chi connectivity index (χ0) is 13.7. The fourth-order valence-corrected chi connectivity index (χ4v) is 1.76. The largest absolute Gasteiger partial charge is 0.448 e. The number of carbonyl (C=O) groups is 2. The van der Waals surface area contributed by atoms with Crippen molar-refractivity contribution >= 4 is 12.2 Å². The van der Waals surface area contributed by atoms with Gasteiger partial charge in [-0.2, -0.15) is 0 Å². The van der Waals surface area contributed by atoms with Crippen LogP contribution in [0.15, 0.2) is 12.2 Å². The maximum Gasteiger partial charge on any atom is 0.429 e. The lowest BCUT2D eigenvalue weighted by Crippen LogP contribution is -2.58. The summed E-state index contributed by atoms with van der Waals surface area (Å²) in [6.07, 6.45) is 2.62. The number of hydrogen-bond acceptors (Lipinski definition) is 4. The minimum Gasteiger partial charge on any atom is -0.448 e. The molecule has 6 heteroatoms. The van der Waals surface area contributed by atoms with Crippen molar-refractivity contribution in [2.24, 2.45) is 0 Å². The lowest BCUT2D eigenvalue weighted by Gasteiger charge is -2.41. The average Bonchev–Trinajstić information content (AvgIpc) is 2.32. The molecule has 2 amide bonds. The van der Waals surface area contributed by atoms with Crippen LogP contribution in [-0.4, -0.2) is 47.5 Å². The van der Waals surface area contributed by atoms with Crippen molar-refractivity contribution in [2.45, 2.75) is 39.8 Å². The van der Waals surface area contributed by atoms with Crippen LogP contribution in [0, 0.1) is 0 Å². The molecule has 0 spiro atoms. The van der Waals surface area contributed by atoms with Crippen LogP contribution in [0.25, 0.3) is 0 Å². The van der Waals surface area contributed by atoms with Gasteiger partial charge in [-0.1, -0.05) is 12.2 Å². The van der Waals surface area contributed by atoms with Crippen molar-refractivity contribution < 1.29 is 19.1 Å². The highest BCUT2D eigenvalue weighted by atomic mass is 16.6. The molecule has 0 aromatic rings. The summed E-state index contributed by atoms with van der Waals surface area (Å²) < 4.78 is 9.92. The van der Waals surface area contributed by atoms with Gasteiger partial charge in [0.1, 0.15) is 0 Å². The summed E-state index contributed by atoms with van der Waals surface area (Å²) in [6.45, 7) is 7.59. The standard InChI is InChI=1S/C12H20N2O4/c1-5-17-11(15)13-9(3)7-8-10(4)14(13)12(16)18-6-2/h7-10H,5-6H2,1-4H3/t9-,10+. The average molecular weight is 256 g/mol. The molecule has 0 aromatic carbocycles. The molecular formula is C12H20N2O4. The maximum absolute atomic E-state index is 11.9. The fraction of sp³-hybridized carbons (Fsp3) is 0.667. The monoisotopic (exact) mass is 256 g/mol. The minimum absolute atomic E-state index is 0.246. The summed E-state index contributed by atoms with van der Waals surface area (Å²) in [6, 6.07) is -0.491. The van der Waals surface area contributed by atoms with E-state index in [2.05, 4.69) is 0 Å². The highest BCUT2D eigenvalue weighted by Gasteiger charge is 2.36. The number of rotatable bonds is 2. The van der Waals surface area contributed by atoms with E-state index >= 15 is 0 Å². The van der Waals surface area contributed by atoms with Gasteiger partial charge in [-0.05, 0) is 27.7 Å².